The van der Waals surface area contributed by atoms with Crippen molar-refractivity contribution in [2.24, 2.45) is 0 Å². The third-order valence-corrected chi connectivity index (χ3v) is 1.47. The van der Waals surface area contributed by atoms with E-state index in [0.29, 0.717) is 0 Å². The van der Waals surface area contributed by atoms with Crippen molar-refractivity contribution in [3.63, 3.8) is 0 Å². The van der Waals surface area contributed by atoms with E-state index in [9.17, 15) is 0 Å². The third-order valence-electron chi connectivity index (χ3n) is 1.47. The molecular formula is C7H12Mg. The van der Waals surface area contributed by atoms with Gasteiger partial charge in [-0.2, -0.15) is 0 Å². The van der Waals surface area contributed by atoms with E-state index in [4.69, 9.17) is 0 Å². The van der Waals surface area contributed by atoms with Crippen LogP contribution in [0.25, 0.3) is 0 Å². The molecule has 42 valence electrons. The van der Waals surface area contributed by atoms with Crippen LogP contribution >= 0.6 is 0 Å². The summed E-state index contributed by atoms with van der Waals surface area (Å²) in [4.78, 5) is 0. The van der Waals surface area contributed by atoms with Crippen LogP contribution in [0.1, 0.15) is 20.3 Å². The van der Waals surface area contributed by atoms with Crippen LogP contribution in [0.15, 0.2) is 23.3 Å². The van der Waals surface area contributed by atoms with Crippen molar-refractivity contribution in [2.45, 2.75) is 20.3 Å². The van der Waals surface area contributed by atoms with Gasteiger partial charge < -0.3 is 0 Å². The molecule has 0 aromatic carbocycles. The molecule has 0 heterocycles. The summed E-state index contributed by atoms with van der Waals surface area (Å²) >= 11 is 0. The zero-order valence-corrected chi connectivity index (χ0v) is 4.86. The first-order chi connectivity index (χ1) is 3.30. The zero-order chi connectivity index (χ0) is 5.28. The molecule has 0 unspecified atom stereocenters. The van der Waals surface area contributed by atoms with Crippen molar-refractivity contribution in [1.29, 1.82) is 0 Å². The molecule has 0 fully saturated rings. The minimum Gasteiger partial charge on any atom is -0.0802 e. The average Bonchev–Trinajstić information content (AvgIpc) is 1.91. The highest BCUT2D eigenvalue weighted by atomic mass is 24.3. The van der Waals surface area contributed by atoms with Crippen molar-refractivity contribution >= 4 is 23.1 Å². The standard InChI is InChI=1S/C7H10.Mg.2H/c1-6-4-3-5-7(6)2;;;/h3-4H,5H2,1-2H3;;;. The topological polar surface area (TPSA) is 0 Å². The molecule has 1 heteroatoms. The Bertz CT molecular complexity index is 131. The highest BCUT2D eigenvalue weighted by Crippen LogP contribution is 2.16. The van der Waals surface area contributed by atoms with Gasteiger partial charge in [0.15, 0.2) is 0 Å². The van der Waals surface area contributed by atoms with E-state index in [1.807, 2.05) is 0 Å². The maximum atomic E-state index is 2.20. The lowest BCUT2D eigenvalue weighted by atomic mass is 10.2. The van der Waals surface area contributed by atoms with Crippen LogP contribution in [0.5, 0.6) is 0 Å². The quantitative estimate of drug-likeness (QED) is 0.424. The lowest BCUT2D eigenvalue weighted by molar-refractivity contribution is 1.22. The number of hydrogen-bond acceptors (Lipinski definition) is 0. The Balaban J connectivity index is 0.000000490. The van der Waals surface area contributed by atoms with Crippen molar-refractivity contribution in [3.05, 3.63) is 23.3 Å². The Morgan fingerprint density at radius 2 is 2.00 bits per heavy atom. The van der Waals surface area contributed by atoms with Crippen LogP contribution in [0.4, 0.5) is 0 Å². The molecule has 0 saturated heterocycles. The molecule has 0 bridgehead atoms. The minimum absolute atomic E-state index is 0. The summed E-state index contributed by atoms with van der Waals surface area (Å²) in [5.41, 5.74) is 2.96. The van der Waals surface area contributed by atoms with Crippen LogP contribution in [0.2, 0.25) is 0 Å². The Morgan fingerprint density at radius 1 is 1.38 bits per heavy atom. The van der Waals surface area contributed by atoms with Gasteiger partial charge in [-0.25, -0.2) is 0 Å². The summed E-state index contributed by atoms with van der Waals surface area (Å²) in [6.45, 7) is 4.33. The molecule has 0 spiro atoms. The number of rotatable bonds is 0. The molecule has 0 amide bonds. The molecule has 0 aromatic heterocycles. The predicted octanol–water partition coefficient (Wildman–Crippen LogP) is 1.37. The Hall–Kier alpha value is 0.246. The summed E-state index contributed by atoms with van der Waals surface area (Å²) in [6, 6.07) is 0. The highest BCUT2D eigenvalue weighted by molar-refractivity contribution is 5.75. The van der Waals surface area contributed by atoms with Gasteiger partial charge in [-0.15, -0.1) is 0 Å². The van der Waals surface area contributed by atoms with Gasteiger partial charge in [0.25, 0.3) is 0 Å². The summed E-state index contributed by atoms with van der Waals surface area (Å²) in [7, 11) is 0. The fraction of sp³-hybridized carbons (Fsp3) is 0.429. The fourth-order valence-electron chi connectivity index (χ4n) is 0.716. The summed E-state index contributed by atoms with van der Waals surface area (Å²) in [5.74, 6) is 0. The molecule has 1 aliphatic carbocycles. The van der Waals surface area contributed by atoms with Gasteiger partial charge in [0, 0.05) is 0 Å². The lowest BCUT2D eigenvalue weighted by Crippen LogP contribution is -1.67. The lowest BCUT2D eigenvalue weighted by Gasteiger charge is -1.87. The second-order valence-corrected chi connectivity index (χ2v) is 2.07. The van der Waals surface area contributed by atoms with E-state index in [-0.39, 0.29) is 23.1 Å². The SMILES string of the molecule is CC1=C(C)CC=C1.[MgH2]. The van der Waals surface area contributed by atoms with E-state index in [2.05, 4.69) is 26.0 Å². The second kappa shape index (κ2) is 3.31. The first-order valence-electron chi connectivity index (χ1n) is 2.63. The van der Waals surface area contributed by atoms with Crippen LogP contribution in [0, 0.1) is 0 Å². The van der Waals surface area contributed by atoms with Crippen molar-refractivity contribution in [2.75, 3.05) is 0 Å². The van der Waals surface area contributed by atoms with E-state index < -0.39 is 0 Å². The highest BCUT2D eigenvalue weighted by Gasteiger charge is 1.95. The maximum Gasteiger partial charge on any atom is 0.316 e. The first kappa shape index (κ1) is 8.25. The van der Waals surface area contributed by atoms with Crippen LogP contribution in [-0.2, 0) is 0 Å². The van der Waals surface area contributed by atoms with Crippen molar-refractivity contribution < 1.29 is 0 Å². The van der Waals surface area contributed by atoms with Crippen molar-refractivity contribution in [3.8, 4) is 0 Å². The Kier molecular flexibility index (Phi) is 3.41. The third kappa shape index (κ3) is 1.64. The summed E-state index contributed by atoms with van der Waals surface area (Å²) < 4.78 is 0. The Labute approximate surface area is 66.8 Å². The molecule has 0 aliphatic heterocycles. The summed E-state index contributed by atoms with van der Waals surface area (Å²) in [6.07, 6.45) is 5.55. The zero-order valence-electron chi connectivity index (χ0n) is 4.86. The fourth-order valence-corrected chi connectivity index (χ4v) is 0.716. The van der Waals surface area contributed by atoms with Crippen LogP contribution in [0.3, 0.4) is 0 Å². The molecule has 0 nitrogen and oxygen atoms in total. The van der Waals surface area contributed by atoms with Gasteiger partial charge in [-0.05, 0) is 20.3 Å². The predicted molar refractivity (Wildman–Crippen MR) is 40.7 cm³/mol. The van der Waals surface area contributed by atoms with E-state index in [0.717, 1.165) is 0 Å². The van der Waals surface area contributed by atoms with E-state index in [1.54, 1.807) is 0 Å². The van der Waals surface area contributed by atoms with Crippen LogP contribution in [-0.4, -0.2) is 23.1 Å². The smallest absolute Gasteiger partial charge is 0.0802 e. The number of allylic oxidation sites excluding steroid dienone is 4. The van der Waals surface area contributed by atoms with E-state index in [1.165, 1.54) is 17.6 Å². The first-order valence-corrected chi connectivity index (χ1v) is 2.63. The number of hydrogen-bond donors (Lipinski definition) is 0. The monoisotopic (exact) mass is 120 g/mol. The van der Waals surface area contributed by atoms with Crippen LogP contribution < -0.4 is 0 Å². The second-order valence-electron chi connectivity index (χ2n) is 2.07. The van der Waals surface area contributed by atoms with E-state index >= 15 is 0 Å². The van der Waals surface area contributed by atoms with Gasteiger partial charge in [-0.3, -0.25) is 0 Å². The molecule has 8 heavy (non-hydrogen) atoms. The molecule has 0 radical (unpaired) electrons. The van der Waals surface area contributed by atoms with Gasteiger partial charge in [0.05, 0.1) is 0 Å². The van der Waals surface area contributed by atoms with Gasteiger partial charge >= 0.3 is 23.1 Å². The summed E-state index contributed by atoms with van der Waals surface area (Å²) in [5, 5.41) is 0. The molecule has 0 atom stereocenters. The molecule has 1 rings (SSSR count). The normalized spacial score (nSPS) is 16.8. The minimum atomic E-state index is 0. The maximum absolute atomic E-state index is 2.20. The molecular weight excluding hydrogens is 108 g/mol. The average molecular weight is 120 g/mol. The van der Waals surface area contributed by atoms with Gasteiger partial charge in [0.2, 0.25) is 0 Å². The molecule has 0 aromatic rings. The van der Waals surface area contributed by atoms with Gasteiger partial charge in [-0.1, -0.05) is 23.3 Å². The largest absolute Gasteiger partial charge is 0.316 e. The molecule has 0 saturated carbocycles. The Morgan fingerprint density at radius 3 is 2.12 bits per heavy atom. The van der Waals surface area contributed by atoms with Crippen molar-refractivity contribution in [1.82, 2.24) is 0 Å². The molecule has 0 N–H and O–H groups in total. The molecule has 1 aliphatic rings. The van der Waals surface area contributed by atoms with Gasteiger partial charge in [0.1, 0.15) is 0 Å².